The first kappa shape index (κ1) is 12.7. The molecule has 0 spiro atoms. The van der Waals surface area contributed by atoms with Crippen molar-refractivity contribution in [2.75, 3.05) is 11.4 Å². The summed E-state index contributed by atoms with van der Waals surface area (Å²) in [5.41, 5.74) is 6.36. The van der Waals surface area contributed by atoms with Crippen LogP contribution in [0.25, 0.3) is 0 Å². The molecule has 1 aromatic carbocycles. The van der Waals surface area contributed by atoms with E-state index in [9.17, 15) is 8.42 Å². The van der Waals surface area contributed by atoms with Gasteiger partial charge in [0.25, 0.3) is 0 Å². The number of nitrogens with zero attached hydrogens (tertiary/aromatic N) is 2. The summed E-state index contributed by atoms with van der Waals surface area (Å²) in [6.45, 7) is 0. The molecule has 0 atom stereocenters. The zero-order valence-electron chi connectivity index (χ0n) is 9.94. The normalized spacial score (nSPS) is 16.6. The largest absolute Gasteiger partial charge is 0.409 e. The zero-order chi connectivity index (χ0) is 13.3. The number of amidine groups is 1. The molecule has 7 heteroatoms. The summed E-state index contributed by atoms with van der Waals surface area (Å²) in [6.07, 6.45) is 1.39. The van der Waals surface area contributed by atoms with Gasteiger partial charge in [-0.25, -0.2) is 8.42 Å². The number of para-hydroxylation sites is 1. The van der Waals surface area contributed by atoms with Gasteiger partial charge in [0, 0.05) is 12.6 Å². The molecule has 0 bridgehead atoms. The van der Waals surface area contributed by atoms with Crippen molar-refractivity contribution in [1.82, 2.24) is 0 Å². The van der Waals surface area contributed by atoms with Gasteiger partial charge in [-0.3, -0.25) is 4.31 Å². The van der Waals surface area contributed by atoms with E-state index in [1.165, 1.54) is 11.4 Å². The maximum atomic E-state index is 12.1. The van der Waals surface area contributed by atoms with Crippen LogP contribution >= 0.6 is 0 Å². The minimum Gasteiger partial charge on any atom is -0.409 e. The Morgan fingerprint density at radius 1 is 1.44 bits per heavy atom. The number of benzene rings is 1. The predicted molar refractivity (Wildman–Crippen MR) is 69.3 cm³/mol. The molecule has 1 fully saturated rings. The lowest BCUT2D eigenvalue weighted by molar-refractivity contribution is 0.318. The Balaban J connectivity index is 2.45. The summed E-state index contributed by atoms with van der Waals surface area (Å²) < 4.78 is 25.5. The first-order valence-corrected chi connectivity index (χ1v) is 7.03. The fourth-order valence-corrected chi connectivity index (χ4v) is 3.36. The van der Waals surface area contributed by atoms with Gasteiger partial charge >= 0.3 is 0 Å². The fraction of sp³-hybridized carbons (Fsp3) is 0.364. The first-order valence-electron chi connectivity index (χ1n) is 5.53. The van der Waals surface area contributed by atoms with Gasteiger partial charge in [-0.15, -0.1) is 0 Å². The van der Waals surface area contributed by atoms with Crippen LogP contribution in [0, 0.1) is 0 Å². The SMILES string of the molecule is CN(c1ccccc1C(N)=NO)S(=O)(=O)C1CC1. The Morgan fingerprint density at radius 3 is 2.61 bits per heavy atom. The van der Waals surface area contributed by atoms with Gasteiger partial charge < -0.3 is 10.9 Å². The molecule has 0 amide bonds. The van der Waals surface area contributed by atoms with E-state index in [1.54, 1.807) is 24.3 Å². The van der Waals surface area contributed by atoms with Crippen LogP contribution in [0.15, 0.2) is 29.4 Å². The van der Waals surface area contributed by atoms with Crippen LogP contribution in [0.5, 0.6) is 0 Å². The number of anilines is 1. The predicted octanol–water partition coefficient (Wildman–Crippen LogP) is 0.710. The van der Waals surface area contributed by atoms with Gasteiger partial charge in [-0.2, -0.15) is 0 Å². The molecule has 3 N–H and O–H groups in total. The van der Waals surface area contributed by atoms with Crippen LogP contribution < -0.4 is 10.0 Å². The maximum absolute atomic E-state index is 12.1. The molecule has 6 nitrogen and oxygen atoms in total. The average molecular weight is 269 g/mol. The quantitative estimate of drug-likeness (QED) is 0.364. The fourth-order valence-electron chi connectivity index (χ4n) is 1.75. The number of hydrogen-bond donors (Lipinski definition) is 2. The zero-order valence-corrected chi connectivity index (χ0v) is 10.8. The lowest BCUT2D eigenvalue weighted by Crippen LogP contribution is -2.31. The minimum absolute atomic E-state index is 0.108. The third-order valence-corrected chi connectivity index (χ3v) is 5.23. The van der Waals surface area contributed by atoms with E-state index in [0.717, 1.165) is 0 Å². The summed E-state index contributed by atoms with van der Waals surface area (Å²) >= 11 is 0. The molecule has 98 valence electrons. The Kier molecular flexibility index (Phi) is 3.16. The van der Waals surface area contributed by atoms with E-state index in [0.29, 0.717) is 24.1 Å². The van der Waals surface area contributed by atoms with Crippen molar-refractivity contribution in [3.63, 3.8) is 0 Å². The number of rotatable bonds is 4. The van der Waals surface area contributed by atoms with Crippen molar-refractivity contribution in [1.29, 1.82) is 0 Å². The van der Waals surface area contributed by atoms with E-state index in [1.807, 2.05) is 0 Å². The van der Waals surface area contributed by atoms with E-state index in [2.05, 4.69) is 5.16 Å². The second-order valence-electron chi connectivity index (χ2n) is 4.21. The third kappa shape index (κ3) is 2.13. The average Bonchev–Trinajstić information content (AvgIpc) is 3.21. The molecule has 0 aromatic heterocycles. The van der Waals surface area contributed by atoms with E-state index in [-0.39, 0.29) is 11.1 Å². The Labute approximate surface area is 106 Å². The van der Waals surface area contributed by atoms with Gasteiger partial charge in [0.2, 0.25) is 10.0 Å². The van der Waals surface area contributed by atoms with Gasteiger partial charge in [-0.1, -0.05) is 17.3 Å². The number of sulfonamides is 1. The molecule has 1 saturated carbocycles. The molecule has 0 saturated heterocycles. The Bertz CT molecular complexity index is 579. The molecular formula is C11H15N3O3S. The van der Waals surface area contributed by atoms with Crippen LogP contribution in [-0.4, -0.2) is 31.8 Å². The third-order valence-electron chi connectivity index (χ3n) is 2.95. The number of oxime groups is 1. The van der Waals surface area contributed by atoms with Crippen molar-refractivity contribution in [3.8, 4) is 0 Å². The highest BCUT2D eigenvalue weighted by Gasteiger charge is 2.39. The van der Waals surface area contributed by atoms with Gasteiger partial charge in [0.15, 0.2) is 5.84 Å². The van der Waals surface area contributed by atoms with Crippen molar-refractivity contribution >= 4 is 21.5 Å². The Hall–Kier alpha value is -1.76. The lowest BCUT2D eigenvalue weighted by Gasteiger charge is -2.21. The van der Waals surface area contributed by atoms with Crippen molar-refractivity contribution in [3.05, 3.63) is 29.8 Å². The highest BCUT2D eigenvalue weighted by atomic mass is 32.2. The summed E-state index contributed by atoms with van der Waals surface area (Å²) in [7, 11) is -1.86. The molecule has 0 aliphatic heterocycles. The molecule has 1 aliphatic carbocycles. The van der Waals surface area contributed by atoms with E-state index >= 15 is 0 Å². The molecule has 2 rings (SSSR count). The standard InChI is InChI=1S/C11H15N3O3S/c1-14(18(16,17)8-6-7-8)10-5-3-2-4-9(10)11(12)13-15/h2-5,8,15H,6-7H2,1H3,(H2,12,13). The second kappa shape index (κ2) is 4.49. The number of hydrogen-bond acceptors (Lipinski definition) is 4. The van der Waals surface area contributed by atoms with Gasteiger partial charge in [0.1, 0.15) is 0 Å². The van der Waals surface area contributed by atoms with Gasteiger partial charge in [0.05, 0.1) is 10.9 Å². The highest BCUT2D eigenvalue weighted by molar-refractivity contribution is 7.93. The highest BCUT2D eigenvalue weighted by Crippen LogP contribution is 2.33. The lowest BCUT2D eigenvalue weighted by atomic mass is 10.1. The first-order chi connectivity index (χ1) is 8.48. The Morgan fingerprint density at radius 2 is 2.06 bits per heavy atom. The van der Waals surface area contributed by atoms with E-state index in [4.69, 9.17) is 10.9 Å². The molecule has 1 aliphatic rings. The molecule has 18 heavy (non-hydrogen) atoms. The molecule has 1 aromatic rings. The number of nitrogens with two attached hydrogens (primary N) is 1. The van der Waals surface area contributed by atoms with Crippen molar-refractivity contribution in [2.45, 2.75) is 18.1 Å². The van der Waals surface area contributed by atoms with Crippen molar-refractivity contribution < 1.29 is 13.6 Å². The second-order valence-corrected chi connectivity index (χ2v) is 6.46. The monoisotopic (exact) mass is 269 g/mol. The topological polar surface area (TPSA) is 96.0 Å². The van der Waals surface area contributed by atoms with Crippen molar-refractivity contribution in [2.24, 2.45) is 10.9 Å². The molecule has 0 heterocycles. The summed E-state index contributed by atoms with van der Waals surface area (Å²) in [4.78, 5) is 0. The van der Waals surface area contributed by atoms with Crippen LogP contribution in [-0.2, 0) is 10.0 Å². The van der Waals surface area contributed by atoms with Crippen LogP contribution in [0.4, 0.5) is 5.69 Å². The smallest absolute Gasteiger partial charge is 0.237 e. The van der Waals surface area contributed by atoms with E-state index < -0.39 is 10.0 Å². The summed E-state index contributed by atoms with van der Waals surface area (Å²) in [5.74, 6) is -0.108. The van der Waals surface area contributed by atoms with Crippen LogP contribution in [0.2, 0.25) is 0 Å². The molecule has 0 unspecified atom stereocenters. The van der Waals surface area contributed by atoms with Gasteiger partial charge in [-0.05, 0) is 25.0 Å². The van der Waals surface area contributed by atoms with Crippen LogP contribution in [0.1, 0.15) is 18.4 Å². The van der Waals surface area contributed by atoms with Crippen LogP contribution in [0.3, 0.4) is 0 Å². The maximum Gasteiger partial charge on any atom is 0.237 e. The summed E-state index contributed by atoms with van der Waals surface area (Å²) in [6, 6.07) is 6.66. The minimum atomic E-state index is -3.34. The molecular weight excluding hydrogens is 254 g/mol. The summed E-state index contributed by atoms with van der Waals surface area (Å²) in [5, 5.41) is 11.3. The molecule has 0 radical (unpaired) electrons.